The summed E-state index contributed by atoms with van der Waals surface area (Å²) in [5, 5.41) is 28.3. The van der Waals surface area contributed by atoms with Crippen molar-refractivity contribution in [1.29, 1.82) is 0 Å². The van der Waals surface area contributed by atoms with Crippen LogP contribution in [0.15, 0.2) is 30.9 Å². The van der Waals surface area contributed by atoms with Crippen LogP contribution in [-0.4, -0.2) is 76.2 Å². The van der Waals surface area contributed by atoms with E-state index in [1.54, 1.807) is 28.0 Å². The Hall–Kier alpha value is -4.10. The van der Waals surface area contributed by atoms with Crippen LogP contribution >= 0.6 is 0 Å². The molecule has 1 saturated carbocycles. The molecule has 4 heterocycles. The van der Waals surface area contributed by atoms with Crippen molar-refractivity contribution in [3.63, 3.8) is 0 Å². The zero-order valence-corrected chi connectivity index (χ0v) is 22.6. The number of hydrogen-bond donors (Lipinski definition) is 4. The molecule has 0 aliphatic heterocycles. The van der Waals surface area contributed by atoms with Crippen LogP contribution < -0.4 is 16.0 Å². The quantitative estimate of drug-likeness (QED) is 0.226. The number of nitrogens with one attached hydrogen (secondary N) is 3. The summed E-state index contributed by atoms with van der Waals surface area (Å²) in [6.45, 7) is 3.01. The van der Waals surface area contributed by atoms with Crippen molar-refractivity contribution in [2.75, 3.05) is 35.6 Å². The third-order valence-electron chi connectivity index (χ3n) is 6.96. The molecule has 0 aromatic carbocycles. The van der Waals surface area contributed by atoms with E-state index < -0.39 is 0 Å². The summed E-state index contributed by atoms with van der Waals surface area (Å²) < 4.78 is 3.38. The number of rotatable bonds is 11. The summed E-state index contributed by atoms with van der Waals surface area (Å²) in [4.78, 5) is 28.7. The van der Waals surface area contributed by atoms with Crippen LogP contribution in [0.2, 0.25) is 0 Å². The number of carbonyl (C=O) groups is 1. The van der Waals surface area contributed by atoms with Gasteiger partial charge in [0.15, 0.2) is 11.5 Å². The van der Waals surface area contributed by atoms with Crippen molar-refractivity contribution in [3.8, 4) is 0 Å². The number of aromatic nitrogens is 7. The van der Waals surface area contributed by atoms with Crippen molar-refractivity contribution in [3.05, 3.63) is 36.5 Å². The third kappa shape index (κ3) is 6.32. The Bertz CT molecular complexity index is 1440. The van der Waals surface area contributed by atoms with Crippen molar-refractivity contribution in [1.82, 2.24) is 39.4 Å². The fourth-order valence-electron chi connectivity index (χ4n) is 4.98. The van der Waals surface area contributed by atoms with Gasteiger partial charge in [-0.25, -0.2) is 9.67 Å². The third-order valence-corrected chi connectivity index (χ3v) is 6.96. The van der Waals surface area contributed by atoms with Crippen molar-refractivity contribution in [2.24, 2.45) is 14.1 Å². The maximum atomic E-state index is 12.9. The molecule has 13 heteroatoms. The van der Waals surface area contributed by atoms with E-state index in [4.69, 9.17) is 0 Å². The van der Waals surface area contributed by atoms with Gasteiger partial charge in [0, 0.05) is 45.7 Å². The predicted molar refractivity (Wildman–Crippen MR) is 149 cm³/mol. The number of hydrogen-bond acceptors (Lipinski definition) is 10. The second-order valence-electron chi connectivity index (χ2n) is 9.95. The van der Waals surface area contributed by atoms with Gasteiger partial charge in [0.25, 0.3) is 0 Å². The lowest BCUT2D eigenvalue weighted by atomic mass is 10.2. The fraction of sp³-hybridized carbons (Fsp3) is 0.462. The number of amides is 1. The SMILES string of the molecule is Cc1ncc(NC(=O)CN(CCCO)C2CCCC2)cc1Nc1nn(C)c2nc(Nc3cnn(C)c3)ncc12. The van der Waals surface area contributed by atoms with E-state index >= 15 is 0 Å². The minimum Gasteiger partial charge on any atom is -0.396 e. The smallest absolute Gasteiger partial charge is 0.238 e. The molecule has 4 N–H and O–H groups in total. The van der Waals surface area contributed by atoms with Gasteiger partial charge >= 0.3 is 0 Å². The Morgan fingerprint density at radius 2 is 1.95 bits per heavy atom. The molecule has 1 aliphatic carbocycles. The molecule has 39 heavy (non-hydrogen) atoms. The van der Waals surface area contributed by atoms with Crippen LogP contribution in [0.4, 0.5) is 28.8 Å². The monoisotopic (exact) mass is 533 g/mol. The van der Waals surface area contributed by atoms with Crippen LogP contribution in [-0.2, 0) is 18.9 Å². The lowest BCUT2D eigenvalue weighted by Crippen LogP contribution is -2.40. The van der Waals surface area contributed by atoms with Gasteiger partial charge in [-0.05, 0) is 32.3 Å². The molecule has 4 aromatic rings. The molecule has 5 rings (SSSR count). The number of aliphatic hydroxyl groups excluding tert-OH is 1. The van der Waals surface area contributed by atoms with E-state index in [1.807, 2.05) is 33.3 Å². The molecule has 0 saturated heterocycles. The highest BCUT2D eigenvalue weighted by Crippen LogP contribution is 2.28. The van der Waals surface area contributed by atoms with Crippen LogP contribution in [0.1, 0.15) is 37.8 Å². The molecule has 0 unspecified atom stereocenters. The average molecular weight is 534 g/mol. The Labute approximate surface area is 226 Å². The standard InChI is InChI=1S/C26H35N11O2/c1-17-22(11-18(12-27-17)30-23(39)16-37(9-6-10-38)20-7-4-5-8-20)32-24-21-14-28-26(33-25(21)36(3)34-24)31-19-13-29-35(2)15-19/h11-15,20,38H,4-10,16H2,1-3H3,(H,30,39)(H,32,34)(H,28,31,33). The second-order valence-corrected chi connectivity index (χ2v) is 9.95. The van der Waals surface area contributed by atoms with Crippen LogP contribution in [0.3, 0.4) is 0 Å². The highest BCUT2D eigenvalue weighted by atomic mass is 16.3. The van der Waals surface area contributed by atoms with Crippen LogP contribution in [0.25, 0.3) is 11.0 Å². The first-order chi connectivity index (χ1) is 18.9. The van der Waals surface area contributed by atoms with Crippen molar-refractivity contribution >= 4 is 45.8 Å². The minimum atomic E-state index is -0.0956. The molecule has 0 radical (unpaired) electrons. The predicted octanol–water partition coefficient (Wildman–Crippen LogP) is 2.85. The molecule has 0 bridgehead atoms. The molecule has 206 valence electrons. The number of aliphatic hydroxyl groups is 1. The van der Waals surface area contributed by atoms with E-state index in [1.165, 1.54) is 12.8 Å². The van der Waals surface area contributed by atoms with Crippen LogP contribution in [0, 0.1) is 6.92 Å². The van der Waals surface area contributed by atoms with E-state index in [2.05, 4.69) is 46.0 Å². The lowest BCUT2D eigenvalue weighted by Gasteiger charge is -2.28. The molecule has 0 atom stereocenters. The maximum absolute atomic E-state index is 12.9. The second kappa shape index (κ2) is 11.7. The highest BCUT2D eigenvalue weighted by molar-refractivity contribution is 5.93. The summed E-state index contributed by atoms with van der Waals surface area (Å²) >= 11 is 0. The Morgan fingerprint density at radius 3 is 2.69 bits per heavy atom. The number of anilines is 5. The summed E-state index contributed by atoms with van der Waals surface area (Å²) in [5.41, 5.74) is 3.53. The zero-order valence-electron chi connectivity index (χ0n) is 22.6. The first kappa shape index (κ1) is 26.5. The Balaban J connectivity index is 1.29. The first-order valence-electron chi connectivity index (χ1n) is 13.2. The highest BCUT2D eigenvalue weighted by Gasteiger charge is 2.24. The van der Waals surface area contributed by atoms with Crippen molar-refractivity contribution < 1.29 is 9.90 Å². The summed E-state index contributed by atoms with van der Waals surface area (Å²) in [7, 11) is 3.67. The van der Waals surface area contributed by atoms with Gasteiger partial charge < -0.3 is 21.1 Å². The summed E-state index contributed by atoms with van der Waals surface area (Å²) in [6.07, 6.45) is 12.1. The van der Waals surface area contributed by atoms with Gasteiger partial charge in [0.1, 0.15) is 0 Å². The zero-order chi connectivity index (χ0) is 27.4. The fourth-order valence-corrected chi connectivity index (χ4v) is 4.98. The van der Waals surface area contributed by atoms with E-state index in [0.29, 0.717) is 48.7 Å². The first-order valence-corrected chi connectivity index (χ1v) is 13.2. The summed E-state index contributed by atoms with van der Waals surface area (Å²) in [5.74, 6) is 0.935. The molecular formula is C26H35N11O2. The molecular weight excluding hydrogens is 498 g/mol. The van der Waals surface area contributed by atoms with E-state index in [9.17, 15) is 9.90 Å². The Kier molecular flexibility index (Phi) is 7.98. The van der Waals surface area contributed by atoms with E-state index in [0.717, 1.165) is 35.3 Å². The largest absolute Gasteiger partial charge is 0.396 e. The maximum Gasteiger partial charge on any atom is 0.238 e. The van der Waals surface area contributed by atoms with E-state index in [-0.39, 0.29) is 12.5 Å². The number of nitrogens with zero attached hydrogens (tertiary/aromatic N) is 8. The van der Waals surface area contributed by atoms with Gasteiger partial charge in [-0.3, -0.25) is 19.4 Å². The molecule has 1 aliphatic rings. The number of pyridine rings is 1. The normalized spacial score (nSPS) is 13.9. The molecule has 1 fully saturated rings. The number of fused-ring (bicyclic) bond motifs is 1. The molecule has 13 nitrogen and oxygen atoms in total. The van der Waals surface area contributed by atoms with Gasteiger partial charge in [-0.2, -0.15) is 15.2 Å². The lowest BCUT2D eigenvalue weighted by molar-refractivity contribution is -0.117. The molecule has 1 amide bonds. The summed E-state index contributed by atoms with van der Waals surface area (Å²) in [6, 6.07) is 2.25. The van der Waals surface area contributed by atoms with Crippen molar-refractivity contribution in [2.45, 2.75) is 45.1 Å². The molecule has 0 spiro atoms. The van der Waals surface area contributed by atoms with Gasteiger partial charge in [-0.15, -0.1) is 0 Å². The topological polar surface area (TPSA) is 151 Å². The van der Waals surface area contributed by atoms with Gasteiger partial charge in [-0.1, -0.05) is 12.8 Å². The average Bonchev–Trinajstić information content (AvgIpc) is 3.66. The van der Waals surface area contributed by atoms with Crippen LogP contribution in [0.5, 0.6) is 0 Å². The minimum absolute atomic E-state index is 0.0956. The number of carbonyl (C=O) groups excluding carboxylic acids is 1. The van der Waals surface area contributed by atoms with Gasteiger partial charge in [0.2, 0.25) is 11.9 Å². The number of aryl methyl sites for hydroxylation is 3. The van der Waals surface area contributed by atoms with Gasteiger partial charge in [0.05, 0.1) is 47.1 Å². The molecule has 4 aromatic heterocycles. The Morgan fingerprint density at radius 1 is 1.13 bits per heavy atom.